The molecule has 8 heteroatoms. The lowest BCUT2D eigenvalue weighted by Crippen LogP contribution is -2.42. The normalized spacial score (nSPS) is 19.3. The predicted molar refractivity (Wildman–Crippen MR) is 117 cm³/mol. The minimum Gasteiger partial charge on any atom is -0.334 e. The van der Waals surface area contributed by atoms with Crippen molar-refractivity contribution < 1.29 is 18.7 Å². The molecule has 1 aliphatic heterocycles. The summed E-state index contributed by atoms with van der Waals surface area (Å²) in [7, 11) is 0. The molecule has 0 spiro atoms. The van der Waals surface area contributed by atoms with Gasteiger partial charge < -0.3 is 5.32 Å². The molecule has 0 bridgehead atoms. The summed E-state index contributed by atoms with van der Waals surface area (Å²) in [5.41, 5.74) is 4.64. The van der Waals surface area contributed by atoms with E-state index in [4.69, 9.17) is 23.2 Å². The molecule has 2 atom stereocenters. The van der Waals surface area contributed by atoms with Gasteiger partial charge in [0.2, 0.25) is 12.3 Å². The van der Waals surface area contributed by atoms with Crippen molar-refractivity contribution in [3.05, 3.63) is 105 Å². The zero-order valence-electron chi connectivity index (χ0n) is 16.1. The van der Waals surface area contributed by atoms with Crippen LogP contribution in [0.3, 0.4) is 0 Å². The molecule has 0 unspecified atom stereocenters. The monoisotopic (exact) mass is 456 g/mol. The van der Waals surface area contributed by atoms with E-state index >= 15 is 0 Å². The van der Waals surface area contributed by atoms with Crippen LogP contribution in [-0.2, 0) is 4.79 Å². The van der Waals surface area contributed by atoms with Crippen molar-refractivity contribution in [3.8, 4) is 0 Å². The van der Waals surface area contributed by atoms with E-state index in [1.807, 2.05) is 12.1 Å². The molecule has 1 heterocycles. The van der Waals surface area contributed by atoms with Crippen molar-refractivity contribution in [2.75, 3.05) is 0 Å². The van der Waals surface area contributed by atoms with Gasteiger partial charge in [0.1, 0.15) is 5.82 Å². The lowest BCUT2D eigenvalue weighted by atomic mass is 10.00. The molecule has 0 aromatic heterocycles. The van der Waals surface area contributed by atoms with Crippen molar-refractivity contribution in [2.24, 2.45) is 0 Å². The van der Waals surface area contributed by atoms with Crippen LogP contribution < -0.4 is 10.7 Å². The van der Waals surface area contributed by atoms with Crippen LogP contribution in [0.5, 0.6) is 0 Å². The van der Waals surface area contributed by atoms with Crippen molar-refractivity contribution in [1.82, 2.24) is 10.7 Å². The summed E-state index contributed by atoms with van der Waals surface area (Å²) in [6.45, 7) is 0. The van der Waals surface area contributed by atoms with Crippen molar-refractivity contribution >= 4 is 41.2 Å². The number of benzene rings is 3. The molecule has 0 radical (unpaired) electrons. The average molecular weight is 457 g/mol. The first kappa shape index (κ1) is 21.0. The van der Waals surface area contributed by atoms with Crippen molar-refractivity contribution in [2.45, 2.75) is 12.1 Å². The SMILES string of the molecule is O=C(N[C@@H]1C(=O)N/[N+](=C\c2ccc(Cl)cc2)[C@H]1c1ccc(Cl)cc1)c1ccc(F)cc1. The maximum absolute atomic E-state index is 13.2. The molecule has 1 saturated heterocycles. The Balaban J connectivity index is 1.69. The second kappa shape index (κ2) is 8.88. The molecule has 3 aromatic carbocycles. The maximum Gasteiger partial charge on any atom is 0.304 e. The summed E-state index contributed by atoms with van der Waals surface area (Å²) in [6.07, 6.45) is 1.76. The molecule has 2 N–H and O–H groups in total. The molecular weight excluding hydrogens is 440 g/mol. The van der Waals surface area contributed by atoms with Crippen LogP contribution in [0.15, 0.2) is 72.8 Å². The summed E-state index contributed by atoms with van der Waals surface area (Å²) in [5.74, 6) is -1.30. The van der Waals surface area contributed by atoms with Gasteiger partial charge in [-0.1, -0.05) is 35.3 Å². The Morgan fingerprint density at radius 2 is 1.52 bits per heavy atom. The third-order valence-electron chi connectivity index (χ3n) is 4.90. The van der Waals surface area contributed by atoms with E-state index in [-0.39, 0.29) is 11.5 Å². The minimum atomic E-state index is -0.887. The van der Waals surface area contributed by atoms with E-state index in [2.05, 4.69) is 10.7 Å². The van der Waals surface area contributed by atoms with Gasteiger partial charge in [0.25, 0.3) is 5.91 Å². The number of nitrogens with one attached hydrogen (secondary N) is 2. The molecule has 3 aromatic rings. The standard InChI is InChI=1S/C23H16Cl2FN3O2/c24-17-7-1-14(2-8-17)13-29-21(15-3-9-18(25)10-4-15)20(23(31)28-29)27-22(30)16-5-11-19(26)12-6-16/h1-13,20-21H,(H-,27,28,30,31)/p+1/b29-13-/t20-,21-/m0/s1. The smallest absolute Gasteiger partial charge is 0.304 e. The Bertz CT molecular complexity index is 1150. The first-order chi connectivity index (χ1) is 14.9. The Labute approximate surface area is 188 Å². The Kier molecular flexibility index (Phi) is 6.02. The third kappa shape index (κ3) is 4.76. The molecule has 156 valence electrons. The molecular formula is C23H17Cl2FN3O2+. The van der Waals surface area contributed by atoms with Gasteiger partial charge in [0, 0.05) is 26.7 Å². The number of carbonyl (C=O) groups is 2. The van der Waals surface area contributed by atoms with Gasteiger partial charge in [0.15, 0.2) is 6.04 Å². The molecule has 1 aliphatic rings. The van der Waals surface area contributed by atoms with Gasteiger partial charge in [-0.2, -0.15) is 0 Å². The van der Waals surface area contributed by atoms with E-state index < -0.39 is 23.8 Å². The number of carbonyl (C=O) groups excluding carboxylic acids is 2. The number of hydrazine groups is 1. The van der Waals surface area contributed by atoms with Gasteiger partial charge in [-0.05, 0) is 60.7 Å². The Hall–Kier alpha value is -3.22. The summed E-state index contributed by atoms with van der Waals surface area (Å²) in [4.78, 5) is 25.5. The van der Waals surface area contributed by atoms with Crippen LogP contribution in [0.1, 0.15) is 27.5 Å². The van der Waals surface area contributed by atoms with E-state index in [9.17, 15) is 14.0 Å². The Morgan fingerprint density at radius 3 is 2.13 bits per heavy atom. The number of hydrogen-bond donors (Lipinski definition) is 2. The lowest BCUT2D eigenvalue weighted by molar-refractivity contribution is -0.596. The number of halogens is 3. The highest BCUT2D eigenvalue weighted by molar-refractivity contribution is 6.30. The predicted octanol–water partition coefficient (Wildman–Crippen LogP) is 4.15. The second-order valence-corrected chi connectivity index (χ2v) is 7.89. The van der Waals surface area contributed by atoms with Gasteiger partial charge in [0.05, 0.1) is 0 Å². The largest absolute Gasteiger partial charge is 0.334 e. The average Bonchev–Trinajstić information content (AvgIpc) is 3.05. The fraction of sp³-hybridized carbons (Fsp3) is 0.0870. The topological polar surface area (TPSA) is 61.2 Å². The highest BCUT2D eigenvalue weighted by atomic mass is 35.5. The fourth-order valence-electron chi connectivity index (χ4n) is 3.38. The zero-order chi connectivity index (χ0) is 22.0. The number of hydrogen-bond acceptors (Lipinski definition) is 2. The summed E-state index contributed by atoms with van der Waals surface area (Å²) < 4.78 is 14.8. The van der Waals surface area contributed by atoms with Crippen LogP contribution in [0, 0.1) is 5.82 Å². The van der Waals surface area contributed by atoms with Gasteiger partial charge >= 0.3 is 5.91 Å². The van der Waals surface area contributed by atoms with E-state index in [1.165, 1.54) is 24.3 Å². The molecule has 31 heavy (non-hydrogen) atoms. The highest BCUT2D eigenvalue weighted by Crippen LogP contribution is 2.27. The van der Waals surface area contributed by atoms with E-state index in [1.54, 1.807) is 47.3 Å². The fourth-order valence-corrected chi connectivity index (χ4v) is 3.63. The summed E-state index contributed by atoms with van der Waals surface area (Å²) in [6, 6.07) is 17.9. The first-order valence-corrected chi connectivity index (χ1v) is 10.2. The molecule has 2 amide bonds. The van der Waals surface area contributed by atoms with Crippen LogP contribution in [-0.4, -0.2) is 28.8 Å². The number of nitrogens with zero attached hydrogens (tertiary/aromatic N) is 1. The van der Waals surface area contributed by atoms with Crippen LogP contribution in [0.4, 0.5) is 4.39 Å². The summed E-state index contributed by atoms with van der Waals surface area (Å²) >= 11 is 12.0. The van der Waals surface area contributed by atoms with Gasteiger partial charge in [-0.15, -0.1) is 10.1 Å². The van der Waals surface area contributed by atoms with Crippen molar-refractivity contribution in [3.63, 3.8) is 0 Å². The number of hydrazone groups is 1. The van der Waals surface area contributed by atoms with Crippen molar-refractivity contribution in [1.29, 1.82) is 0 Å². The quantitative estimate of drug-likeness (QED) is 0.579. The van der Waals surface area contributed by atoms with E-state index in [0.29, 0.717) is 10.0 Å². The Morgan fingerprint density at radius 1 is 0.935 bits per heavy atom. The van der Waals surface area contributed by atoms with Crippen LogP contribution in [0.2, 0.25) is 10.0 Å². The molecule has 0 aliphatic carbocycles. The highest BCUT2D eigenvalue weighted by Gasteiger charge is 2.47. The van der Waals surface area contributed by atoms with Crippen LogP contribution in [0.25, 0.3) is 0 Å². The van der Waals surface area contributed by atoms with Gasteiger partial charge in [-0.25, -0.2) is 4.39 Å². The number of rotatable bonds is 4. The zero-order valence-corrected chi connectivity index (χ0v) is 17.6. The molecule has 1 fully saturated rings. The lowest BCUT2D eigenvalue weighted by Gasteiger charge is -2.15. The molecule has 0 saturated carbocycles. The van der Waals surface area contributed by atoms with E-state index in [0.717, 1.165) is 11.1 Å². The second-order valence-electron chi connectivity index (χ2n) is 7.02. The van der Waals surface area contributed by atoms with Gasteiger partial charge in [-0.3, -0.25) is 9.59 Å². The molecule has 4 rings (SSSR count). The van der Waals surface area contributed by atoms with Crippen LogP contribution >= 0.6 is 23.2 Å². The molecule has 5 nitrogen and oxygen atoms in total. The summed E-state index contributed by atoms with van der Waals surface area (Å²) in [5, 5.41) is 3.92. The third-order valence-corrected chi connectivity index (χ3v) is 5.40. The number of amides is 2. The minimum absolute atomic E-state index is 0.254. The maximum atomic E-state index is 13.2. The first-order valence-electron chi connectivity index (χ1n) is 9.42.